The number of hydrogen-bond acceptors (Lipinski definition) is 5. The standard InChI is InChI=1S/C21H18ClNO5/c1-12-20(21(25)26-10-13-5-3-2-4-6-13)15(8-19(24)23-12)14-7-17-18(9-16(14)22)28-11-27-17/h2-7,9,15H,8,10-11H2,1H3,(H,23,24). The number of hydrogen-bond donors (Lipinski definition) is 1. The highest BCUT2D eigenvalue weighted by atomic mass is 35.5. The first-order chi connectivity index (χ1) is 13.5. The van der Waals surface area contributed by atoms with E-state index in [0.29, 0.717) is 33.4 Å². The number of benzene rings is 2. The summed E-state index contributed by atoms with van der Waals surface area (Å²) in [6, 6.07) is 12.8. The Balaban J connectivity index is 1.64. The van der Waals surface area contributed by atoms with Gasteiger partial charge in [0.05, 0.1) is 5.57 Å². The van der Waals surface area contributed by atoms with Crippen LogP contribution in [-0.4, -0.2) is 18.7 Å². The molecule has 1 unspecified atom stereocenters. The highest BCUT2D eigenvalue weighted by molar-refractivity contribution is 6.31. The number of carbonyl (C=O) groups is 2. The maximum atomic E-state index is 12.9. The van der Waals surface area contributed by atoms with Gasteiger partial charge in [0.2, 0.25) is 12.7 Å². The number of halogens is 1. The second kappa shape index (κ2) is 7.56. The van der Waals surface area contributed by atoms with E-state index >= 15 is 0 Å². The first kappa shape index (κ1) is 18.4. The zero-order valence-corrected chi connectivity index (χ0v) is 15.9. The summed E-state index contributed by atoms with van der Waals surface area (Å²) < 4.78 is 16.3. The smallest absolute Gasteiger partial charge is 0.336 e. The third-order valence-electron chi connectivity index (χ3n) is 4.77. The zero-order valence-electron chi connectivity index (χ0n) is 15.2. The third kappa shape index (κ3) is 3.55. The van der Waals surface area contributed by atoms with Gasteiger partial charge in [-0.25, -0.2) is 4.79 Å². The summed E-state index contributed by atoms with van der Waals surface area (Å²) in [5, 5.41) is 3.13. The number of amides is 1. The number of allylic oxidation sites excluding steroid dienone is 1. The molecule has 2 heterocycles. The molecule has 7 heteroatoms. The molecular weight excluding hydrogens is 382 g/mol. The van der Waals surface area contributed by atoms with E-state index < -0.39 is 11.9 Å². The quantitative estimate of drug-likeness (QED) is 0.794. The van der Waals surface area contributed by atoms with Crippen molar-refractivity contribution in [3.8, 4) is 11.5 Å². The molecule has 2 aliphatic heterocycles. The van der Waals surface area contributed by atoms with Crippen LogP contribution >= 0.6 is 11.6 Å². The lowest BCUT2D eigenvalue weighted by molar-refractivity contribution is -0.141. The largest absolute Gasteiger partial charge is 0.457 e. The lowest BCUT2D eigenvalue weighted by atomic mass is 9.84. The molecule has 0 fully saturated rings. The number of carbonyl (C=O) groups excluding carboxylic acids is 2. The summed E-state index contributed by atoms with van der Waals surface area (Å²) in [6.45, 7) is 1.94. The zero-order chi connectivity index (χ0) is 19.7. The van der Waals surface area contributed by atoms with Crippen molar-refractivity contribution in [2.75, 3.05) is 6.79 Å². The predicted molar refractivity (Wildman–Crippen MR) is 102 cm³/mol. The van der Waals surface area contributed by atoms with Gasteiger partial charge in [-0.1, -0.05) is 41.9 Å². The Labute approximate surface area is 167 Å². The van der Waals surface area contributed by atoms with Crippen LogP contribution in [0.1, 0.15) is 30.4 Å². The molecule has 0 aliphatic carbocycles. The van der Waals surface area contributed by atoms with E-state index in [2.05, 4.69) is 5.32 Å². The molecule has 144 valence electrons. The van der Waals surface area contributed by atoms with Crippen LogP contribution in [0.4, 0.5) is 0 Å². The summed E-state index contributed by atoms with van der Waals surface area (Å²) >= 11 is 6.44. The summed E-state index contributed by atoms with van der Waals surface area (Å²) in [5.41, 5.74) is 2.36. The number of fused-ring (bicyclic) bond motifs is 1. The van der Waals surface area contributed by atoms with Gasteiger partial charge in [0, 0.05) is 29.1 Å². The molecule has 6 nitrogen and oxygen atoms in total. The third-order valence-corrected chi connectivity index (χ3v) is 5.10. The Hall–Kier alpha value is -2.99. The molecule has 1 atom stereocenters. The Bertz CT molecular complexity index is 970. The van der Waals surface area contributed by atoms with Gasteiger partial charge in [0.25, 0.3) is 0 Å². The first-order valence-corrected chi connectivity index (χ1v) is 9.21. The van der Waals surface area contributed by atoms with E-state index in [9.17, 15) is 9.59 Å². The SMILES string of the molecule is CC1=C(C(=O)OCc2ccccc2)C(c2cc3c(cc2Cl)OCO3)CC(=O)N1. The highest BCUT2D eigenvalue weighted by Crippen LogP contribution is 2.43. The van der Waals surface area contributed by atoms with Gasteiger partial charge in [0.1, 0.15) is 6.61 Å². The van der Waals surface area contributed by atoms with Crippen molar-refractivity contribution in [2.45, 2.75) is 25.9 Å². The topological polar surface area (TPSA) is 73.9 Å². The number of nitrogens with one attached hydrogen (secondary N) is 1. The van der Waals surface area contributed by atoms with E-state index in [1.54, 1.807) is 19.1 Å². The Kier molecular flexibility index (Phi) is 4.96. The molecule has 0 radical (unpaired) electrons. The van der Waals surface area contributed by atoms with Crippen LogP contribution in [0, 0.1) is 0 Å². The average molecular weight is 400 g/mol. The predicted octanol–water partition coefficient (Wildman–Crippen LogP) is 3.69. The Morgan fingerprint density at radius 1 is 1.21 bits per heavy atom. The lowest BCUT2D eigenvalue weighted by Crippen LogP contribution is -2.34. The summed E-state index contributed by atoms with van der Waals surface area (Å²) in [7, 11) is 0. The lowest BCUT2D eigenvalue weighted by Gasteiger charge is -2.27. The Morgan fingerprint density at radius 2 is 1.93 bits per heavy atom. The minimum absolute atomic E-state index is 0.0898. The van der Waals surface area contributed by atoms with Crippen molar-refractivity contribution in [3.05, 3.63) is 69.9 Å². The van der Waals surface area contributed by atoms with Crippen LogP contribution in [0.15, 0.2) is 53.7 Å². The van der Waals surface area contributed by atoms with Crippen molar-refractivity contribution in [2.24, 2.45) is 0 Å². The van der Waals surface area contributed by atoms with Gasteiger partial charge in [-0.05, 0) is 24.1 Å². The fraction of sp³-hybridized carbons (Fsp3) is 0.238. The van der Waals surface area contributed by atoms with Crippen molar-refractivity contribution in [1.82, 2.24) is 5.32 Å². The first-order valence-electron chi connectivity index (χ1n) is 8.83. The van der Waals surface area contributed by atoms with Crippen LogP contribution < -0.4 is 14.8 Å². The van der Waals surface area contributed by atoms with Crippen LogP contribution in [0.2, 0.25) is 5.02 Å². The molecule has 1 amide bonds. The van der Waals surface area contributed by atoms with Crippen LogP contribution in [0.5, 0.6) is 11.5 Å². The van der Waals surface area contributed by atoms with Crippen molar-refractivity contribution in [3.63, 3.8) is 0 Å². The second-order valence-electron chi connectivity index (χ2n) is 6.63. The Morgan fingerprint density at radius 3 is 2.68 bits per heavy atom. The summed E-state index contributed by atoms with van der Waals surface area (Å²) in [6.07, 6.45) is 0.0898. The molecule has 0 bridgehead atoms. The highest BCUT2D eigenvalue weighted by Gasteiger charge is 2.35. The van der Waals surface area contributed by atoms with Gasteiger partial charge in [0.15, 0.2) is 11.5 Å². The minimum Gasteiger partial charge on any atom is -0.457 e. The molecule has 4 rings (SSSR count). The van der Waals surface area contributed by atoms with Crippen molar-refractivity contribution < 1.29 is 23.8 Å². The molecule has 2 aromatic carbocycles. The maximum absolute atomic E-state index is 12.9. The second-order valence-corrected chi connectivity index (χ2v) is 7.04. The van der Waals surface area contributed by atoms with Gasteiger partial charge in [-0.3, -0.25) is 4.79 Å². The van der Waals surface area contributed by atoms with Crippen molar-refractivity contribution >= 4 is 23.5 Å². The minimum atomic E-state index is -0.529. The van der Waals surface area contributed by atoms with Crippen LogP contribution in [-0.2, 0) is 20.9 Å². The van der Waals surface area contributed by atoms with E-state index in [1.165, 1.54) is 0 Å². The van der Waals surface area contributed by atoms with Crippen LogP contribution in [0.25, 0.3) is 0 Å². The normalized spacial score (nSPS) is 18.1. The van der Waals surface area contributed by atoms with E-state index in [-0.39, 0.29) is 25.7 Å². The van der Waals surface area contributed by atoms with Gasteiger partial charge in [-0.2, -0.15) is 0 Å². The summed E-state index contributed by atoms with van der Waals surface area (Å²) in [5.74, 6) is -0.113. The molecular formula is C21H18ClNO5. The van der Waals surface area contributed by atoms with Gasteiger partial charge in [-0.15, -0.1) is 0 Å². The molecule has 0 aromatic heterocycles. The van der Waals surface area contributed by atoms with E-state index in [4.69, 9.17) is 25.8 Å². The van der Waals surface area contributed by atoms with Gasteiger partial charge >= 0.3 is 5.97 Å². The molecule has 0 spiro atoms. The maximum Gasteiger partial charge on any atom is 0.336 e. The summed E-state index contributed by atoms with van der Waals surface area (Å²) in [4.78, 5) is 25.0. The van der Waals surface area contributed by atoms with Gasteiger partial charge < -0.3 is 19.5 Å². The van der Waals surface area contributed by atoms with Crippen LogP contribution in [0.3, 0.4) is 0 Å². The fourth-order valence-electron chi connectivity index (χ4n) is 3.44. The van der Waals surface area contributed by atoms with Crippen molar-refractivity contribution in [1.29, 1.82) is 0 Å². The molecule has 2 aliphatic rings. The molecule has 0 saturated carbocycles. The molecule has 0 saturated heterocycles. The molecule has 2 aromatic rings. The monoisotopic (exact) mass is 399 g/mol. The van der Waals surface area contributed by atoms with E-state index in [0.717, 1.165) is 5.56 Å². The number of esters is 1. The molecule has 28 heavy (non-hydrogen) atoms. The number of ether oxygens (including phenoxy) is 3. The fourth-order valence-corrected chi connectivity index (χ4v) is 3.72. The number of rotatable bonds is 4. The van der Waals surface area contributed by atoms with E-state index in [1.807, 2.05) is 30.3 Å². The average Bonchev–Trinajstić information content (AvgIpc) is 3.13. The molecule has 1 N–H and O–H groups in total.